The summed E-state index contributed by atoms with van der Waals surface area (Å²) < 4.78 is 41.5. The van der Waals surface area contributed by atoms with Gasteiger partial charge in [-0.05, 0) is 20.0 Å². The Morgan fingerprint density at radius 1 is 1.47 bits per heavy atom. The molecule has 7 heteroatoms. The van der Waals surface area contributed by atoms with E-state index in [2.05, 4.69) is 10.3 Å². The Bertz CT molecular complexity index is 384. The summed E-state index contributed by atoms with van der Waals surface area (Å²) in [5.74, 6) is -0.0931. The Labute approximate surface area is 102 Å². The van der Waals surface area contributed by atoms with E-state index in [4.69, 9.17) is 16.3 Å². The highest BCUT2D eigenvalue weighted by molar-refractivity contribution is 6.31. The van der Waals surface area contributed by atoms with Crippen LogP contribution < -0.4 is 10.1 Å². The lowest BCUT2D eigenvalue weighted by atomic mass is 10.3. The molecule has 17 heavy (non-hydrogen) atoms. The maximum atomic E-state index is 12.3. The molecule has 0 saturated heterocycles. The number of halogens is 4. The first kappa shape index (κ1) is 14.1. The second-order valence-electron chi connectivity index (χ2n) is 3.41. The molecule has 1 rings (SSSR count). The molecule has 0 amide bonds. The second-order valence-corrected chi connectivity index (χ2v) is 3.82. The van der Waals surface area contributed by atoms with E-state index in [-0.39, 0.29) is 5.88 Å². The maximum Gasteiger partial charge on any atom is 0.425 e. The minimum Gasteiger partial charge on any atom is -0.465 e. The van der Waals surface area contributed by atoms with Crippen LogP contribution in [0.3, 0.4) is 0 Å². The normalized spacial score (nSPS) is 13.5. The number of nitrogens with one attached hydrogen (secondary N) is 1. The molecule has 0 bridgehead atoms. The van der Waals surface area contributed by atoms with Gasteiger partial charge in [-0.1, -0.05) is 11.6 Å². The monoisotopic (exact) mass is 268 g/mol. The van der Waals surface area contributed by atoms with Crippen molar-refractivity contribution in [2.45, 2.75) is 25.7 Å². The molecular weight excluding hydrogens is 257 g/mol. The van der Waals surface area contributed by atoms with E-state index in [1.807, 2.05) is 0 Å². The van der Waals surface area contributed by atoms with Gasteiger partial charge in [-0.15, -0.1) is 0 Å². The van der Waals surface area contributed by atoms with Crippen LogP contribution in [0.4, 0.5) is 13.2 Å². The van der Waals surface area contributed by atoms with Crippen LogP contribution in [0, 0.1) is 0 Å². The van der Waals surface area contributed by atoms with Crippen molar-refractivity contribution < 1.29 is 17.9 Å². The van der Waals surface area contributed by atoms with Gasteiger partial charge in [0, 0.05) is 12.6 Å². The molecule has 1 aromatic rings. The van der Waals surface area contributed by atoms with E-state index in [9.17, 15) is 13.2 Å². The predicted molar refractivity (Wildman–Crippen MR) is 58.2 cm³/mol. The lowest BCUT2D eigenvalue weighted by Crippen LogP contribution is -2.31. The first-order chi connectivity index (χ1) is 7.84. The van der Waals surface area contributed by atoms with Gasteiger partial charge in [-0.3, -0.25) is 0 Å². The van der Waals surface area contributed by atoms with E-state index < -0.39 is 12.3 Å². The molecule has 0 aromatic carbocycles. The summed E-state index contributed by atoms with van der Waals surface area (Å²) in [4.78, 5) is 3.90. The molecule has 96 valence electrons. The van der Waals surface area contributed by atoms with Crippen LogP contribution in [0.1, 0.15) is 12.6 Å². The zero-order valence-corrected chi connectivity index (χ0v) is 10.1. The van der Waals surface area contributed by atoms with Gasteiger partial charge in [0.2, 0.25) is 5.88 Å². The van der Waals surface area contributed by atoms with Crippen molar-refractivity contribution in [3.8, 4) is 5.88 Å². The Morgan fingerprint density at radius 2 is 2.12 bits per heavy atom. The fourth-order valence-electron chi connectivity index (χ4n) is 1.07. The third-order valence-corrected chi connectivity index (χ3v) is 2.34. The van der Waals surface area contributed by atoms with E-state index in [1.165, 1.54) is 12.1 Å². The van der Waals surface area contributed by atoms with Crippen molar-refractivity contribution in [2.75, 3.05) is 7.05 Å². The molecule has 3 nitrogen and oxygen atoms in total. The summed E-state index contributed by atoms with van der Waals surface area (Å²) in [7, 11) is 1.68. The van der Waals surface area contributed by atoms with Gasteiger partial charge >= 0.3 is 6.18 Å². The predicted octanol–water partition coefficient (Wildman–Crippen LogP) is 2.78. The molecule has 1 unspecified atom stereocenters. The quantitative estimate of drug-likeness (QED) is 0.912. The first-order valence-electron chi connectivity index (χ1n) is 4.88. The van der Waals surface area contributed by atoms with Gasteiger partial charge in [0.25, 0.3) is 0 Å². The fraction of sp³-hybridized carbons (Fsp3) is 0.500. The van der Waals surface area contributed by atoms with Crippen LogP contribution in [0.2, 0.25) is 5.02 Å². The van der Waals surface area contributed by atoms with Crippen molar-refractivity contribution in [1.82, 2.24) is 10.3 Å². The lowest BCUT2D eigenvalue weighted by Gasteiger charge is -2.17. The average Bonchev–Trinajstić information content (AvgIpc) is 2.22. The largest absolute Gasteiger partial charge is 0.465 e. The first-order valence-corrected chi connectivity index (χ1v) is 5.25. The molecule has 0 radical (unpaired) electrons. The molecular formula is C10H12ClF3N2O. The van der Waals surface area contributed by atoms with Crippen LogP contribution in [-0.4, -0.2) is 24.3 Å². The highest BCUT2D eigenvalue weighted by Crippen LogP contribution is 2.25. The summed E-state index contributed by atoms with van der Waals surface area (Å²) in [6.45, 7) is 1.28. The molecule has 1 atom stereocenters. The molecule has 0 fully saturated rings. The summed E-state index contributed by atoms with van der Waals surface area (Å²) in [6.07, 6.45) is -6.32. The highest BCUT2D eigenvalue weighted by atomic mass is 35.5. The molecule has 1 heterocycles. The summed E-state index contributed by atoms with van der Waals surface area (Å²) in [6, 6.07) is 2.77. The maximum absolute atomic E-state index is 12.3. The second kappa shape index (κ2) is 5.55. The number of nitrogens with zero attached hydrogens (tertiary/aromatic N) is 1. The zero-order valence-electron chi connectivity index (χ0n) is 9.31. The van der Waals surface area contributed by atoms with Gasteiger partial charge in [-0.25, -0.2) is 4.98 Å². The topological polar surface area (TPSA) is 34.2 Å². The third kappa shape index (κ3) is 4.05. The Balaban J connectivity index is 2.82. The van der Waals surface area contributed by atoms with Crippen molar-refractivity contribution >= 4 is 11.6 Å². The minimum absolute atomic E-state index is 0.0931. The molecule has 0 saturated carbocycles. The highest BCUT2D eigenvalue weighted by Gasteiger charge is 2.38. The number of ether oxygens (including phenoxy) is 1. The summed E-state index contributed by atoms with van der Waals surface area (Å²) in [5, 5.41) is 3.19. The molecule has 0 aliphatic carbocycles. The van der Waals surface area contributed by atoms with Gasteiger partial charge < -0.3 is 10.1 Å². The number of hydrogen-bond acceptors (Lipinski definition) is 3. The lowest BCUT2D eigenvalue weighted by molar-refractivity contribution is -0.190. The minimum atomic E-state index is -4.41. The van der Waals surface area contributed by atoms with Crippen LogP contribution in [0.5, 0.6) is 5.88 Å². The fourth-order valence-corrected chi connectivity index (χ4v) is 1.24. The Morgan fingerprint density at radius 3 is 2.65 bits per heavy atom. The van der Waals surface area contributed by atoms with Gasteiger partial charge in [-0.2, -0.15) is 13.2 Å². The number of rotatable bonds is 4. The van der Waals surface area contributed by atoms with E-state index in [1.54, 1.807) is 7.05 Å². The molecule has 0 aliphatic rings. The van der Waals surface area contributed by atoms with Crippen molar-refractivity contribution in [3.05, 3.63) is 22.8 Å². The van der Waals surface area contributed by atoms with Crippen LogP contribution in [-0.2, 0) is 6.54 Å². The molecule has 1 N–H and O–H groups in total. The van der Waals surface area contributed by atoms with Crippen LogP contribution in [0.15, 0.2) is 12.1 Å². The summed E-state index contributed by atoms with van der Waals surface area (Å²) >= 11 is 5.82. The van der Waals surface area contributed by atoms with Crippen molar-refractivity contribution in [3.63, 3.8) is 0 Å². The number of aromatic nitrogens is 1. The van der Waals surface area contributed by atoms with Gasteiger partial charge in [0.15, 0.2) is 6.10 Å². The molecule has 1 aromatic heterocycles. The molecule has 0 aliphatic heterocycles. The molecule has 0 spiro atoms. The summed E-state index contributed by atoms with van der Waals surface area (Å²) in [5.41, 5.74) is 0.445. The smallest absolute Gasteiger partial charge is 0.425 e. The average molecular weight is 269 g/mol. The third-order valence-electron chi connectivity index (χ3n) is 2.00. The van der Waals surface area contributed by atoms with Gasteiger partial charge in [0.1, 0.15) is 0 Å². The van der Waals surface area contributed by atoms with E-state index in [0.717, 1.165) is 6.92 Å². The van der Waals surface area contributed by atoms with Crippen LogP contribution >= 0.6 is 11.6 Å². The Hall–Kier alpha value is -1.01. The SMILES string of the molecule is CNCc1nc(OC(C)C(F)(F)F)ccc1Cl. The van der Waals surface area contributed by atoms with Crippen molar-refractivity contribution in [1.29, 1.82) is 0 Å². The number of pyridine rings is 1. The number of alkyl halides is 3. The zero-order chi connectivity index (χ0) is 13.1. The Kier molecular flexibility index (Phi) is 4.59. The standard InChI is InChI=1S/C10H12ClF3N2O/c1-6(10(12,13)14)17-9-4-3-7(11)8(16-9)5-15-2/h3-4,6,15H,5H2,1-2H3. The van der Waals surface area contributed by atoms with Gasteiger partial charge in [0.05, 0.1) is 10.7 Å². The van der Waals surface area contributed by atoms with Crippen molar-refractivity contribution in [2.24, 2.45) is 0 Å². The van der Waals surface area contributed by atoms with Crippen LogP contribution in [0.25, 0.3) is 0 Å². The number of hydrogen-bond donors (Lipinski definition) is 1. The van der Waals surface area contributed by atoms with E-state index in [0.29, 0.717) is 17.3 Å². The van der Waals surface area contributed by atoms with E-state index >= 15 is 0 Å².